The maximum Gasteiger partial charge on any atom is 0.387 e. The van der Waals surface area contributed by atoms with E-state index in [4.69, 9.17) is 26.8 Å². The number of hydrogen-bond donors (Lipinski definition) is 3. The number of rotatable bonds is 9. The molecule has 0 spiro atoms. The van der Waals surface area contributed by atoms with E-state index in [1.807, 2.05) is 0 Å². The number of carbonyl (C=O) groups excluding carboxylic acids is 1. The summed E-state index contributed by atoms with van der Waals surface area (Å²) in [6, 6.07) is 11.5. The molecule has 4 N–H and O–H groups in total. The van der Waals surface area contributed by atoms with E-state index in [2.05, 4.69) is 10.1 Å². The molecular weight excluding hydrogens is 580 g/mol. The standard InChI is InChI=1S/C30H29ClF4N2O5/c1-40-17-9-7-16(8-10-17)37-14-30(15-5-3-2-4-6-15)27(38)23-21(42-30)13-19(32)25(31)24(23)22-18(28(36)39)11-12-20(26(22)33)41-29(34)35/h2-6,11-13,16-17,27,29,37-38H,7-10,14H2,1H3,(H2,36,39)/t16-,17+,27-,30+/m0/s1. The van der Waals surface area contributed by atoms with Crippen LogP contribution in [-0.4, -0.2) is 43.4 Å². The number of alkyl halides is 2. The number of nitrogens with one attached hydrogen (secondary N) is 1. The Kier molecular flexibility index (Phi) is 8.66. The number of aliphatic hydroxyl groups excluding tert-OH is 1. The molecule has 1 aliphatic carbocycles. The molecular formula is C30H29ClF4N2O5. The second kappa shape index (κ2) is 12.1. The van der Waals surface area contributed by atoms with Crippen molar-refractivity contribution in [3.05, 3.63) is 81.9 Å². The third-order valence-corrected chi connectivity index (χ3v) is 8.36. The number of nitrogens with two attached hydrogens (primary N) is 1. The fourth-order valence-electron chi connectivity index (χ4n) is 5.87. The smallest absolute Gasteiger partial charge is 0.387 e. The third kappa shape index (κ3) is 5.42. The Balaban J connectivity index is 1.65. The lowest BCUT2D eigenvalue weighted by Crippen LogP contribution is -2.48. The topological polar surface area (TPSA) is 103 Å². The predicted molar refractivity (Wildman–Crippen MR) is 147 cm³/mol. The molecule has 3 aromatic carbocycles. The molecule has 1 amide bonds. The Morgan fingerprint density at radius 3 is 2.45 bits per heavy atom. The molecule has 0 aromatic heterocycles. The van der Waals surface area contributed by atoms with Crippen molar-refractivity contribution in [3.63, 3.8) is 0 Å². The number of primary amides is 1. The van der Waals surface area contributed by atoms with Gasteiger partial charge in [0.05, 0.1) is 16.7 Å². The van der Waals surface area contributed by atoms with Gasteiger partial charge in [-0.3, -0.25) is 4.79 Å². The Morgan fingerprint density at radius 2 is 1.83 bits per heavy atom. The quantitative estimate of drug-likeness (QED) is 0.263. The molecule has 5 rings (SSSR count). The minimum Gasteiger partial charge on any atom is -0.478 e. The van der Waals surface area contributed by atoms with Gasteiger partial charge in [0, 0.05) is 42.5 Å². The van der Waals surface area contributed by atoms with Gasteiger partial charge in [0.1, 0.15) is 17.7 Å². The van der Waals surface area contributed by atoms with Gasteiger partial charge in [-0.25, -0.2) is 8.78 Å². The van der Waals surface area contributed by atoms with Crippen molar-refractivity contribution in [1.29, 1.82) is 0 Å². The highest BCUT2D eigenvalue weighted by Crippen LogP contribution is 2.55. The number of fused-ring (bicyclic) bond motifs is 1. The summed E-state index contributed by atoms with van der Waals surface area (Å²) in [6.45, 7) is -3.33. The fourth-order valence-corrected chi connectivity index (χ4v) is 6.12. The van der Waals surface area contributed by atoms with Gasteiger partial charge < -0.3 is 30.4 Å². The van der Waals surface area contributed by atoms with Crippen LogP contribution < -0.4 is 20.5 Å². The average molecular weight is 609 g/mol. The highest BCUT2D eigenvalue weighted by atomic mass is 35.5. The van der Waals surface area contributed by atoms with Gasteiger partial charge >= 0.3 is 6.61 Å². The summed E-state index contributed by atoms with van der Waals surface area (Å²) in [5.74, 6) is -4.71. The lowest BCUT2D eigenvalue weighted by molar-refractivity contribution is -0.0521. The zero-order valence-corrected chi connectivity index (χ0v) is 23.3. The Hall–Kier alpha value is -3.38. The van der Waals surface area contributed by atoms with Gasteiger partial charge in [0.15, 0.2) is 17.2 Å². The minimum absolute atomic E-state index is 0.0630. The SMILES string of the molecule is CO[C@H]1CC[C@@H](NC[C@]2(c3ccccc3)Oc3cc(F)c(Cl)c(-c4c(C(N)=O)ccc(OC(F)F)c4F)c3[C@@H]2O)CC1. The summed E-state index contributed by atoms with van der Waals surface area (Å²) in [4.78, 5) is 12.3. The van der Waals surface area contributed by atoms with Crippen molar-refractivity contribution >= 4 is 17.5 Å². The number of ether oxygens (including phenoxy) is 3. The van der Waals surface area contributed by atoms with E-state index in [9.17, 15) is 18.7 Å². The highest BCUT2D eigenvalue weighted by molar-refractivity contribution is 6.34. The van der Waals surface area contributed by atoms with Crippen molar-refractivity contribution < 1.29 is 41.7 Å². The van der Waals surface area contributed by atoms with Crippen LogP contribution in [0.2, 0.25) is 5.02 Å². The van der Waals surface area contributed by atoms with E-state index < -0.39 is 63.3 Å². The molecule has 7 nitrogen and oxygen atoms in total. The summed E-state index contributed by atoms with van der Waals surface area (Å²) in [5.41, 5.74) is 2.72. The summed E-state index contributed by atoms with van der Waals surface area (Å²) < 4.78 is 73.3. The number of methoxy groups -OCH3 is 1. The zero-order valence-electron chi connectivity index (χ0n) is 22.5. The third-order valence-electron chi connectivity index (χ3n) is 7.99. The molecule has 1 aliphatic heterocycles. The predicted octanol–water partition coefficient (Wildman–Crippen LogP) is 5.85. The lowest BCUT2D eigenvalue weighted by atomic mass is 9.82. The van der Waals surface area contributed by atoms with E-state index in [0.29, 0.717) is 5.56 Å². The molecule has 1 fully saturated rings. The maximum absolute atomic E-state index is 15.8. The Morgan fingerprint density at radius 1 is 1.14 bits per heavy atom. The van der Waals surface area contributed by atoms with Gasteiger partial charge in [0.25, 0.3) is 0 Å². The Bertz CT molecular complexity index is 1470. The summed E-state index contributed by atoms with van der Waals surface area (Å²) in [6.07, 6.45) is 1.88. The van der Waals surface area contributed by atoms with Crippen molar-refractivity contribution in [1.82, 2.24) is 5.32 Å². The van der Waals surface area contributed by atoms with Crippen LogP contribution in [0, 0.1) is 11.6 Å². The molecule has 0 unspecified atom stereocenters. The van der Waals surface area contributed by atoms with E-state index >= 15 is 8.78 Å². The largest absolute Gasteiger partial charge is 0.478 e. The normalized spacial score (nSPS) is 23.5. The van der Waals surface area contributed by atoms with Crippen molar-refractivity contribution in [2.24, 2.45) is 5.73 Å². The summed E-state index contributed by atoms with van der Waals surface area (Å²) >= 11 is 6.37. The van der Waals surface area contributed by atoms with Crippen molar-refractivity contribution in [2.75, 3.05) is 13.7 Å². The highest BCUT2D eigenvalue weighted by Gasteiger charge is 2.52. The fraction of sp³-hybridized carbons (Fsp3) is 0.367. The zero-order chi connectivity index (χ0) is 30.2. The maximum atomic E-state index is 15.8. The van der Waals surface area contributed by atoms with Crippen LogP contribution in [-0.2, 0) is 10.3 Å². The van der Waals surface area contributed by atoms with E-state index in [0.717, 1.165) is 43.9 Å². The summed E-state index contributed by atoms with van der Waals surface area (Å²) in [7, 11) is 1.67. The number of halogens is 5. The first-order valence-electron chi connectivity index (χ1n) is 13.4. The number of amides is 1. The molecule has 3 aromatic rings. The number of benzene rings is 3. The molecule has 224 valence electrons. The van der Waals surface area contributed by atoms with Crippen molar-refractivity contribution in [2.45, 2.75) is 56.1 Å². The van der Waals surface area contributed by atoms with Crippen LogP contribution in [0.4, 0.5) is 17.6 Å². The van der Waals surface area contributed by atoms with Crippen LogP contribution in [0.15, 0.2) is 48.5 Å². The Labute approximate surface area is 244 Å². The molecule has 0 saturated heterocycles. The average Bonchev–Trinajstić information content (AvgIpc) is 3.25. The van der Waals surface area contributed by atoms with Gasteiger partial charge in [-0.05, 0) is 43.4 Å². The lowest BCUT2D eigenvalue weighted by Gasteiger charge is -2.36. The van der Waals surface area contributed by atoms with Gasteiger partial charge in [-0.1, -0.05) is 41.9 Å². The number of hydrogen-bond acceptors (Lipinski definition) is 6. The molecule has 42 heavy (non-hydrogen) atoms. The first kappa shape index (κ1) is 30.1. The second-order valence-corrected chi connectivity index (χ2v) is 10.7. The van der Waals surface area contributed by atoms with Crippen molar-refractivity contribution in [3.8, 4) is 22.6 Å². The van der Waals surface area contributed by atoms with Crippen LogP contribution in [0.5, 0.6) is 11.5 Å². The first-order chi connectivity index (χ1) is 20.1. The molecule has 2 aliphatic rings. The monoisotopic (exact) mass is 608 g/mol. The van der Waals surface area contributed by atoms with Gasteiger partial charge in [-0.2, -0.15) is 8.78 Å². The molecule has 2 atom stereocenters. The molecule has 0 radical (unpaired) electrons. The van der Waals surface area contributed by atoms with E-state index in [-0.39, 0.29) is 30.0 Å². The molecule has 12 heteroatoms. The van der Waals surface area contributed by atoms with Gasteiger partial charge in [0.2, 0.25) is 5.91 Å². The summed E-state index contributed by atoms with van der Waals surface area (Å²) in [5, 5.41) is 14.8. The molecule has 1 saturated carbocycles. The van der Waals surface area contributed by atoms with E-state index in [1.54, 1.807) is 37.4 Å². The van der Waals surface area contributed by atoms with Gasteiger partial charge in [-0.15, -0.1) is 0 Å². The number of carbonyl (C=O) groups is 1. The molecule has 1 heterocycles. The minimum atomic E-state index is -3.40. The first-order valence-corrected chi connectivity index (χ1v) is 13.7. The molecule has 0 bridgehead atoms. The number of aliphatic hydroxyl groups is 1. The van der Waals surface area contributed by atoms with Crippen LogP contribution in [0.25, 0.3) is 11.1 Å². The van der Waals surface area contributed by atoms with E-state index in [1.165, 1.54) is 0 Å². The second-order valence-electron chi connectivity index (χ2n) is 10.4. The van der Waals surface area contributed by atoms with Crippen LogP contribution in [0.1, 0.15) is 53.3 Å². The van der Waals surface area contributed by atoms with Crippen LogP contribution >= 0.6 is 11.6 Å². The van der Waals surface area contributed by atoms with Crippen LogP contribution in [0.3, 0.4) is 0 Å².